The minimum Gasteiger partial charge on any atom is -0.309 e. The number of para-hydroxylation sites is 2. The summed E-state index contributed by atoms with van der Waals surface area (Å²) in [6, 6.07) is 58.9. The maximum absolute atomic E-state index is 2.46. The number of aryl methyl sites for hydroxylation is 2. The van der Waals surface area contributed by atoms with Crippen LogP contribution in [0.2, 0.25) is 0 Å². The Hall–Kier alpha value is -5.86. The smallest absolute Gasteiger partial charge is 0.0548 e. The molecule has 2 nitrogen and oxygen atoms in total. The molecule has 0 bridgehead atoms. The molecule has 9 rings (SSSR count). The zero-order chi connectivity index (χ0) is 35.0. The molecule has 0 fully saturated rings. The lowest BCUT2D eigenvalue weighted by Gasteiger charge is -2.12. The number of unbranched alkanes of at least 4 members (excludes halogenated alkanes) is 2. The van der Waals surface area contributed by atoms with Gasteiger partial charge in [0.25, 0.3) is 0 Å². The maximum Gasteiger partial charge on any atom is 0.0548 e. The topological polar surface area (TPSA) is 9.86 Å². The monoisotopic (exact) mass is 672 g/mol. The molecule has 2 heteroatoms. The highest BCUT2D eigenvalue weighted by atomic mass is 15.0. The molecule has 0 aliphatic carbocycles. The minimum atomic E-state index is 1.14. The summed E-state index contributed by atoms with van der Waals surface area (Å²) in [6.45, 7) is 4.51. The molecule has 0 unspecified atom stereocenters. The Balaban J connectivity index is 1.18. The molecule has 0 amide bonds. The molecule has 0 N–H and O–H groups in total. The second kappa shape index (κ2) is 13.7. The van der Waals surface area contributed by atoms with E-state index < -0.39 is 0 Å². The largest absolute Gasteiger partial charge is 0.309 e. The number of rotatable bonds is 10. The molecule has 0 spiro atoms. The van der Waals surface area contributed by atoms with Gasteiger partial charge in [-0.3, -0.25) is 0 Å². The fourth-order valence-electron chi connectivity index (χ4n) is 8.19. The van der Waals surface area contributed by atoms with Crippen molar-refractivity contribution in [3.05, 3.63) is 169 Å². The summed E-state index contributed by atoms with van der Waals surface area (Å²) < 4.78 is 4.90. The third-order valence-corrected chi connectivity index (χ3v) is 10.9. The van der Waals surface area contributed by atoms with E-state index in [0.29, 0.717) is 0 Å². The van der Waals surface area contributed by atoms with Gasteiger partial charge in [0.15, 0.2) is 0 Å². The summed E-state index contributed by atoms with van der Waals surface area (Å²) in [4.78, 5) is 0. The van der Waals surface area contributed by atoms with Crippen LogP contribution < -0.4 is 0 Å². The average Bonchev–Trinajstić information content (AvgIpc) is 3.73. The number of hydrogen-bond acceptors (Lipinski definition) is 0. The molecule has 52 heavy (non-hydrogen) atoms. The molecule has 0 atom stereocenters. The first-order valence-corrected chi connectivity index (χ1v) is 19.1. The van der Waals surface area contributed by atoms with Crippen LogP contribution in [-0.4, -0.2) is 9.13 Å². The van der Waals surface area contributed by atoms with E-state index in [1.165, 1.54) is 114 Å². The van der Waals surface area contributed by atoms with Gasteiger partial charge in [0.2, 0.25) is 0 Å². The predicted octanol–water partition coefficient (Wildman–Crippen LogP) is 13.9. The van der Waals surface area contributed by atoms with Crippen LogP contribution in [-0.2, 0) is 12.8 Å². The van der Waals surface area contributed by atoms with Crippen LogP contribution >= 0.6 is 0 Å². The Morgan fingerprint density at radius 3 is 1.35 bits per heavy atom. The fraction of sp³-hybridized carbons (Fsp3) is 0.160. The number of nitrogens with zero attached hydrogens (tertiary/aromatic N) is 2. The van der Waals surface area contributed by atoms with Gasteiger partial charge in [0, 0.05) is 32.9 Å². The predicted molar refractivity (Wildman–Crippen MR) is 223 cm³/mol. The first-order valence-electron chi connectivity index (χ1n) is 19.1. The third kappa shape index (κ3) is 5.60. The van der Waals surface area contributed by atoms with Crippen molar-refractivity contribution < 1.29 is 0 Å². The van der Waals surface area contributed by atoms with Crippen LogP contribution in [0.3, 0.4) is 0 Å². The number of hydrogen-bond donors (Lipinski definition) is 0. The third-order valence-electron chi connectivity index (χ3n) is 10.9. The lowest BCUT2D eigenvalue weighted by molar-refractivity contribution is 0.795. The quantitative estimate of drug-likeness (QED) is 0.137. The SMILES string of the molecule is CCCCc1ccc(-c2ccc(-n3c4ccccc4c4c5c6ccccc6n(-c6cccc(-c7ccc(CCCC)cc7)c6)c5ccc43)cc2)cc1. The summed E-state index contributed by atoms with van der Waals surface area (Å²) >= 11 is 0. The molecule has 7 aromatic carbocycles. The van der Waals surface area contributed by atoms with Crippen molar-refractivity contribution >= 4 is 43.6 Å². The van der Waals surface area contributed by atoms with Crippen molar-refractivity contribution in [3.8, 4) is 33.6 Å². The van der Waals surface area contributed by atoms with Gasteiger partial charge < -0.3 is 9.13 Å². The van der Waals surface area contributed by atoms with Crippen LogP contribution in [0.4, 0.5) is 0 Å². The van der Waals surface area contributed by atoms with Crippen LogP contribution in [0.15, 0.2) is 158 Å². The summed E-state index contributed by atoms with van der Waals surface area (Å²) in [5.74, 6) is 0. The Morgan fingerprint density at radius 2 is 0.827 bits per heavy atom. The van der Waals surface area contributed by atoms with E-state index in [2.05, 4.69) is 181 Å². The Morgan fingerprint density at radius 1 is 0.365 bits per heavy atom. The Bertz CT molecular complexity index is 2670. The molecule has 254 valence electrons. The lowest BCUT2D eigenvalue weighted by atomic mass is 10.0. The van der Waals surface area contributed by atoms with Crippen LogP contribution in [0.25, 0.3) is 77.2 Å². The average molecular weight is 673 g/mol. The van der Waals surface area contributed by atoms with Crippen LogP contribution in [0.1, 0.15) is 50.7 Å². The highest BCUT2D eigenvalue weighted by Gasteiger charge is 2.20. The van der Waals surface area contributed by atoms with E-state index in [4.69, 9.17) is 0 Å². The van der Waals surface area contributed by atoms with Gasteiger partial charge in [-0.05, 0) is 108 Å². The molecule has 0 saturated carbocycles. The molecule has 2 aromatic heterocycles. The highest BCUT2D eigenvalue weighted by molar-refractivity contribution is 6.28. The number of fused-ring (bicyclic) bond motifs is 7. The molecule has 2 heterocycles. The first-order chi connectivity index (χ1) is 25.7. The molecule has 0 radical (unpaired) electrons. The van der Waals surface area contributed by atoms with Gasteiger partial charge >= 0.3 is 0 Å². The van der Waals surface area contributed by atoms with Gasteiger partial charge in [0.05, 0.1) is 22.1 Å². The summed E-state index contributed by atoms with van der Waals surface area (Å²) in [7, 11) is 0. The maximum atomic E-state index is 2.46. The van der Waals surface area contributed by atoms with E-state index in [-0.39, 0.29) is 0 Å². The van der Waals surface area contributed by atoms with Crippen molar-refractivity contribution in [2.75, 3.05) is 0 Å². The van der Waals surface area contributed by atoms with E-state index in [1.807, 2.05) is 0 Å². The van der Waals surface area contributed by atoms with E-state index in [9.17, 15) is 0 Å². The van der Waals surface area contributed by atoms with Gasteiger partial charge in [-0.25, -0.2) is 0 Å². The summed E-state index contributed by atoms with van der Waals surface area (Å²) in [6.07, 6.45) is 7.20. The standard InChI is InChI=1S/C50H44N2/c1-3-5-12-35-20-24-37(25-21-35)38-28-30-41(31-29-38)51-45-18-9-7-16-43(45)49-47(51)32-33-48-50(49)44-17-8-10-19-46(44)52(48)42-15-11-14-40(34-42)39-26-22-36(23-27-39)13-6-4-2/h7-11,14-34H,3-6,12-13H2,1-2H3. The molecular formula is C50H44N2. The van der Waals surface area contributed by atoms with Crippen molar-refractivity contribution in [1.82, 2.24) is 9.13 Å². The van der Waals surface area contributed by atoms with E-state index in [0.717, 1.165) is 12.8 Å². The number of benzene rings is 7. The van der Waals surface area contributed by atoms with E-state index in [1.54, 1.807) is 0 Å². The van der Waals surface area contributed by atoms with Crippen molar-refractivity contribution in [2.45, 2.75) is 52.4 Å². The van der Waals surface area contributed by atoms with Crippen molar-refractivity contribution in [3.63, 3.8) is 0 Å². The minimum absolute atomic E-state index is 1.14. The van der Waals surface area contributed by atoms with E-state index >= 15 is 0 Å². The Labute approximate surface area is 306 Å². The molecule has 0 aliphatic rings. The summed E-state index contributed by atoms with van der Waals surface area (Å²) in [5, 5.41) is 5.14. The van der Waals surface area contributed by atoms with Crippen molar-refractivity contribution in [2.24, 2.45) is 0 Å². The first kappa shape index (κ1) is 32.1. The van der Waals surface area contributed by atoms with Gasteiger partial charge in [0.1, 0.15) is 0 Å². The second-order valence-corrected chi connectivity index (χ2v) is 14.3. The van der Waals surface area contributed by atoms with Gasteiger partial charge in [-0.2, -0.15) is 0 Å². The molecule has 0 saturated heterocycles. The fourth-order valence-corrected chi connectivity index (χ4v) is 8.19. The molecular weight excluding hydrogens is 629 g/mol. The highest BCUT2D eigenvalue weighted by Crippen LogP contribution is 2.42. The van der Waals surface area contributed by atoms with Crippen LogP contribution in [0.5, 0.6) is 0 Å². The lowest BCUT2D eigenvalue weighted by Crippen LogP contribution is -1.95. The zero-order valence-electron chi connectivity index (χ0n) is 30.1. The summed E-state index contributed by atoms with van der Waals surface area (Å²) in [5.41, 5.74) is 15.1. The number of aromatic nitrogens is 2. The zero-order valence-corrected chi connectivity index (χ0v) is 30.1. The van der Waals surface area contributed by atoms with Gasteiger partial charge in [-0.1, -0.05) is 136 Å². The second-order valence-electron chi connectivity index (χ2n) is 14.3. The molecule has 0 aliphatic heterocycles. The van der Waals surface area contributed by atoms with Gasteiger partial charge in [-0.15, -0.1) is 0 Å². The van der Waals surface area contributed by atoms with Crippen molar-refractivity contribution in [1.29, 1.82) is 0 Å². The Kier molecular flexibility index (Phi) is 8.45. The molecule has 9 aromatic rings. The normalized spacial score (nSPS) is 11.7. The van der Waals surface area contributed by atoms with Crippen LogP contribution in [0, 0.1) is 0 Å².